The first kappa shape index (κ1) is 14.2. The average molecular weight is 289 g/mol. The number of aromatic nitrogens is 2. The van der Waals surface area contributed by atoms with Gasteiger partial charge in [0.1, 0.15) is 11.6 Å². The Bertz CT molecular complexity index is 573. The van der Waals surface area contributed by atoms with E-state index >= 15 is 0 Å². The van der Waals surface area contributed by atoms with Crippen LogP contribution >= 0.6 is 0 Å². The van der Waals surface area contributed by atoms with E-state index in [9.17, 15) is 9.50 Å². The highest BCUT2D eigenvalue weighted by molar-refractivity contribution is 5.17. The third-order valence-electron chi connectivity index (χ3n) is 4.12. The minimum absolute atomic E-state index is 0.194. The van der Waals surface area contributed by atoms with E-state index in [1.807, 2.05) is 12.3 Å². The lowest BCUT2D eigenvalue weighted by atomic mass is 9.88. The summed E-state index contributed by atoms with van der Waals surface area (Å²) in [5.74, 6) is 0.905. The molecular weight excluding hydrogens is 269 g/mol. The molecule has 2 aromatic rings. The summed E-state index contributed by atoms with van der Waals surface area (Å²) in [5, 5.41) is 10.3. The zero-order valence-electron chi connectivity index (χ0n) is 11.9. The second-order valence-corrected chi connectivity index (χ2v) is 5.72. The first-order valence-electron chi connectivity index (χ1n) is 7.34. The third-order valence-corrected chi connectivity index (χ3v) is 4.12. The van der Waals surface area contributed by atoms with Gasteiger partial charge in [0.2, 0.25) is 0 Å². The molecule has 2 heterocycles. The second kappa shape index (κ2) is 6.37. The zero-order valence-corrected chi connectivity index (χ0v) is 11.9. The molecule has 0 unspecified atom stereocenters. The van der Waals surface area contributed by atoms with Crippen LogP contribution in [0.3, 0.4) is 0 Å². The van der Waals surface area contributed by atoms with Crippen LogP contribution < -0.4 is 0 Å². The Hall–Kier alpha value is -1.72. The highest BCUT2D eigenvalue weighted by Crippen LogP contribution is 2.23. The Morgan fingerprint density at radius 3 is 3.05 bits per heavy atom. The van der Waals surface area contributed by atoms with E-state index in [4.69, 9.17) is 0 Å². The van der Waals surface area contributed by atoms with E-state index in [-0.39, 0.29) is 17.8 Å². The molecule has 0 aliphatic carbocycles. The summed E-state index contributed by atoms with van der Waals surface area (Å²) >= 11 is 0. The Balaban J connectivity index is 1.56. The van der Waals surface area contributed by atoms with Crippen LogP contribution in [-0.4, -0.2) is 39.2 Å². The monoisotopic (exact) mass is 289 g/mol. The van der Waals surface area contributed by atoms with Gasteiger partial charge < -0.3 is 10.1 Å². The van der Waals surface area contributed by atoms with E-state index in [1.165, 1.54) is 6.07 Å². The van der Waals surface area contributed by atoms with Gasteiger partial charge in [-0.3, -0.25) is 4.90 Å². The number of imidazole rings is 1. The van der Waals surface area contributed by atoms with Gasteiger partial charge in [-0.1, -0.05) is 12.1 Å². The van der Waals surface area contributed by atoms with Crippen LogP contribution in [0, 0.1) is 11.7 Å². The van der Waals surface area contributed by atoms with Gasteiger partial charge in [0, 0.05) is 18.9 Å². The molecule has 5 heteroatoms. The van der Waals surface area contributed by atoms with Crippen molar-refractivity contribution in [2.24, 2.45) is 5.92 Å². The average Bonchev–Trinajstić information content (AvgIpc) is 2.95. The number of β-amino-alcohol motifs (C(OH)–C–C–N with tert-alkyl or cyclic N) is 1. The number of rotatable bonds is 4. The van der Waals surface area contributed by atoms with Crippen LogP contribution in [0.4, 0.5) is 4.39 Å². The van der Waals surface area contributed by atoms with Crippen LogP contribution in [0.15, 0.2) is 36.7 Å². The number of aliphatic hydroxyl groups excluding tert-OH is 1. The molecule has 1 saturated heterocycles. The summed E-state index contributed by atoms with van der Waals surface area (Å²) in [4.78, 5) is 9.49. The molecule has 0 spiro atoms. The van der Waals surface area contributed by atoms with Gasteiger partial charge in [-0.15, -0.1) is 0 Å². The molecule has 4 nitrogen and oxygen atoms in total. The molecule has 2 atom stereocenters. The van der Waals surface area contributed by atoms with Crippen molar-refractivity contribution in [3.05, 3.63) is 53.9 Å². The van der Waals surface area contributed by atoms with Crippen LogP contribution in [0.25, 0.3) is 0 Å². The van der Waals surface area contributed by atoms with Crippen LogP contribution in [0.5, 0.6) is 0 Å². The minimum Gasteiger partial charge on any atom is -0.391 e. The molecule has 1 aromatic carbocycles. The van der Waals surface area contributed by atoms with Crippen LogP contribution in [0.2, 0.25) is 0 Å². The molecule has 21 heavy (non-hydrogen) atoms. The molecule has 3 rings (SSSR count). The van der Waals surface area contributed by atoms with Crippen molar-refractivity contribution in [2.45, 2.75) is 25.5 Å². The molecular formula is C16H20FN3O. The molecule has 1 fully saturated rings. The summed E-state index contributed by atoms with van der Waals surface area (Å²) in [7, 11) is 0. The summed E-state index contributed by atoms with van der Waals surface area (Å²) < 4.78 is 13.2. The Labute approximate surface area is 123 Å². The maximum absolute atomic E-state index is 13.2. The molecule has 0 bridgehead atoms. The van der Waals surface area contributed by atoms with Gasteiger partial charge in [-0.25, -0.2) is 9.37 Å². The van der Waals surface area contributed by atoms with Crippen LogP contribution in [-0.2, 0) is 13.0 Å². The Kier molecular flexibility index (Phi) is 4.31. The predicted octanol–water partition coefficient (Wildman–Crippen LogP) is 1.97. The van der Waals surface area contributed by atoms with Crippen molar-refractivity contribution >= 4 is 0 Å². The molecule has 0 radical (unpaired) electrons. The molecule has 1 aromatic heterocycles. The number of piperidine rings is 1. The van der Waals surface area contributed by atoms with Crippen molar-refractivity contribution in [2.75, 3.05) is 13.1 Å². The van der Waals surface area contributed by atoms with Gasteiger partial charge in [0.25, 0.3) is 0 Å². The summed E-state index contributed by atoms with van der Waals surface area (Å²) in [6, 6.07) is 6.65. The summed E-state index contributed by atoms with van der Waals surface area (Å²) in [5.41, 5.74) is 0.957. The smallest absolute Gasteiger partial charge is 0.123 e. The normalized spacial score (nSPS) is 23.3. The Morgan fingerprint density at radius 2 is 2.33 bits per heavy atom. The van der Waals surface area contributed by atoms with Gasteiger partial charge in [0.05, 0.1) is 12.6 Å². The standard InChI is InChI=1S/C16H20FN3O/c17-14-3-1-2-12(9-14)8-13-4-7-20(10-15(13)21)11-16-18-5-6-19-16/h1-3,5-6,9,13,15,21H,4,7-8,10-11H2,(H,18,19)/t13-,15-/m1/s1. The molecule has 0 saturated carbocycles. The first-order chi connectivity index (χ1) is 10.2. The third kappa shape index (κ3) is 3.68. The number of likely N-dealkylation sites (tertiary alicyclic amines) is 1. The highest BCUT2D eigenvalue weighted by atomic mass is 19.1. The van der Waals surface area contributed by atoms with Crippen molar-refractivity contribution in [1.29, 1.82) is 0 Å². The quantitative estimate of drug-likeness (QED) is 0.905. The fraction of sp³-hybridized carbons (Fsp3) is 0.438. The van der Waals surface area contributed by atoms with E-state index in [1.54, 1.807) is 18.3 Å². The topological polar surface area (TPSA) is 52.1 Å². The first-order valence-corrected chi connectivity index (χ1v) is 7.34. The highest BCUT2D eigenvalue weighted by Gasteiger charge is 2.28. The van der Waals surface area contributed by atoms with Gasteiger partial charge in [-0.05, 0) is 43.0 Å². The lowest BCUT2D eigenvalue weighted by molar-refractivity contribution is 0.0179. The van der Waals surface area contributed by atoms with E-state index in [0.717, 1.165) is 37.3 Å². The number of H-pyrrole nitrogens is 1. The van der Waals surface area contributed by atoms with Crippen LogP contribution in [0.1, 0.15) is 17.8 Å². The molecule has 1 aliphatic heterocycles. The predicted molar refractivity (Wildman–Crippen MR) is 78.1 cm³/mol. The number of hydrogen-bond donors (Lipinski definition) is 2. The molecule has 1 aliphatic rings. The minimum atomic E-state index is -0.378. The molecule has 2 N–H and O–H groups in total. The van der Waals surface area contributed by atoms with Gasteiger partial charge in [-0.2, -0.15) is 0 Å². The van der Waals surface area contributed by atoms with Crippen molar-refractivity contribution in [3.8, 4) is 0 Å². The van der Waals surface area contributed by atoms with E-state index < -0.39 is 0 Å². The Morgan fingerprint density at radius 1 is 1.43 bits per heavy atom. The summed E-state index contributed by atoms with van der Waals surface area (Å²) in [6.07, 6.45) is 4.81. The maximum Gasteiger partial charge on any atom is 0.123 e. The number of benzene rings is 1. The molecule has 112 valence electrons. The SMILES string of the molecule is O[C@@H]1CN(Cc2ncc[nH]2)CC[C@@H]1Cc1cccc(F)c1. The lowest BCUT2D eigenvalue weighted by Gasteiger charge is -2.35. The van der Waals surface area contributed by atoms with Gasteiger partial charge >= 0.3 is 0 Å². The second-order valence-electron chi connectivity index (χ2n) is 5.72. The number of nitrogens with one attached hydrogen (secondary N) is 1. The number of nitrogens with zero attached hydrogens (tertiary/aromatic N) is 2. The lowest BCUT2D eigenvalue weighted by Crippen LogP contribution is -2.44. The van der Waals surface area contributed by atoms with Gasteiger partial charge in [0.15, 0.2) is 0 Å². The maximum atomic E-state index is 13.2. The number of aliphatic hydroxyl groups is 1. The zero-order chi connectivity index (χ0) is 14.7. The van der Waals surface area contributed by atoms with Crippen molar-refractivity contribution in [3.63, 3.8) is 0 Å². The fourth-order valence-electron chi connectivity index (χ4n) is 2.99. The largest absolute Gasteiger partial charge is 0.391 e. The van der Waals surface area contributed by atoms with E-state index in [0.29, 0.717) is 6.54 Å². The van der Waals surface area contributed by atoms with Crippen molar-refractivity contribution in [1.82, 2.24) is 14.9 Å². The number of halogens is 1. The van der Waals surface area contributed by atoms with E-state index in [2.05, 4.69) is 14.9 Å². The molecule has 0 amide bonds. The number of aromatic amines is 1. The fourth-order valence-corrected chi connectivity index (χ4v) is 2.99. The van der Waals surface area contributed by atoms with Crippen molar-refractivity contribution < 1.29 is 9.50 Å². The number of hydrogen-bond acceptors (Lipinski definition) is 3. The summed E-state index contributed by atoms with van der Waals surface area (Å²) in [6.45, 7) is 2.30.